The van der Waals surface area contributed by atoms with Crippen LogP contribution < -0.4 is 26.8 Å². The minimum Gasteiger partial charge on any atom is -0.383 e. The van der Waals surface area contributed by atoms with E-state index >= 15 is 0 Å². The van der Waals surface area contributed by atoms with Crippen molar-refractivity contribution < 1.29 is 9.72 Å². The Morgan fingerprint density at radius 2 is 1.97 bits per heavy atom. The first-order chi connectivity index (χ1) is 15.6. The molecule has 0 aliphatic carbocycles. The largest absolute Gasteiger partial charge is 0.383 e. The van der Waals surface area contributed by atoms with E-state index in [0.717, 1.165) is 24.2 Å². The third kappa shape index (κ3) is 4.91. The molecule has 1 aromatic carbocycles. The Kier molecular flexibility index (Phi) is 7.19. The van der Waals surface area contributed by atoms with Crippen molar-refractivity contribution in [3.8, 4) is 0 Å². The second-order valence-corrected chi connectivity index (χ2v) is 8.49. The third-order valence-electron chi connectivity index (χ3n) is 6.13. The number of nitrogens with zero attached hydrogens (tertiary/aromatic N) is 4. The zero-order valence-electron chi connectivity index (χ0n) is 19.2. The summed E-state index contributed by atoms with van der Waals surface area (Å²) in [4.78, 5) is 54.2. The van der Waals surface area contributed by atoms with E-state index in [4.69, 9.17) is 5.73 Å². The average Bonchev–Trinajstić information content (AvgIpc) is 2.78. The standard InChI is InChI=1S/C22H30N6O5/c1-4-5-10-27-19(23)18(20(29)24-22(27)31)25(3)21(30)15-6-7-16(17(13-15)28(32)33)26-11-8-14(2)9-12-26/h6-7,13-14H,4-5,8-12,23H2,1-3H3,(H,24,29,31). The summed E-state index contributed by atoms with van der Waals surface area (Å²) in [5, 5.41) is 11.8. The Bertz CT molecular complexity index is 1160. The lowest BCUT2D eigenvalue weighted by molar-refractivity contribution is -0.384. The van der Waals surface area contributed by atoms with Gasteiger partial charge in [-0.2, -0.15) is 0 Å². The molecule has 2 heterocycles. The van der Waals surface area contributed by atoms with Crippen molar-refractivity contribution in [3.63, 3.8) is 0 Å². The number of carbonyl (C=O) groups excluding carboxylic acids is 1. The quantitative estimate of drug-likeness (QED) is 0.478. The number of amides is 1. The van der Waals surface area contributed by atoms with Crippen LogP contribution in [0.4, 0.5) is 22.9 Å². The highest BCUT2D eigenvalue weighted by Gasteiger charge is 2.27. The number of hydrogen-bond donors (Lipinski definition) is 2. The van der Waals surface area contributed by atoms with Gasteiger partial charge in [0.15, 0.2) is 5.69 Å². The van der Waals surface area contributed by atoms with E-state index in [2.05, 4.69) is 11.9 Å². The fourth-order valence-corrected chi connectivity index (χ4v) is 4.05. The first kappa shape index (κ1) is 24.0. The number of nitro groups is 1. The molecule has 0 saturated carbocycles. The number of piperidine rings is 1. The van der Waals surface area contributed by atoms with Gasteiger partial charge in [-0.1, -0.05) is 20.3 Å². The van der Waals surface area contributed by atoms with Crippen LogP contribution in [0, 0.1) is 16.0 Å². The number of nitrogen functional groups attached to an aromatic ring is 1. The predicted molar refractivity (Wildman–Crippen MR) is 127 cm³/mol. The lowest BCUT2D eigenvalue weighted by Gasteiger charge is -2.31. The smallest absolute Gasteiger partial charge is 0.330 e. The fraction of sp³-hybridized carbons (Fsp3) is 0.500. The Balaban J connectivity index is 1.97. The molecule has 1 aromatic heterocycles. The van der Waals surface area contributed by atoms with Gasteiger partial charge >= 0.3 is 5.69 Å². The van der Waals surface area contributed by atoms with E-state index in [0.29, 0.717) is 37.7 Å². The number of unbranched alkanes of at least 4 members (excludes halogenated alkanes) is 1. The molecule has 178 valence electrons. The van der Waals surface area contributed by atoms with Gasteiger partial charge in [-0.15, -0.1) is 0 Å². The summed E-state index contributed by atoms with van der Waals surface area (Å²) in [6.45, 7) is 5.81. The molecular weight excluding hydrogens is 428 g/mol. The van der Waals surface area contributed by atoms with Gasteiger partial charge in [0, 0.05) is 38.3 Å². The molecule has 1 saturated heterocycles. The van der Waals surface area contributed by atoms with E-state index < -0.39 is 22.1 Å². The maximum Gasteiger partial charge on any atom is 0.330 e. The number of carbonyl (C=O) groups is 1. The van der Waals surface area contributed by atoms with Gasteiger partial charge in [0.25, 0.3) is 17.2 Å². The van der Waals surface area contributed by atoms with Crippen molar-refractivity contribution >= 4 is 28.8 Å². The predicted octanol–water partition coefficient (Wildman–Crippen LogP) is 2.34. The molecule has 0 atom stereocenters. The molecule has 1 fully saturated rings. The van der Waals surface area contributed by atoms with Crippen LogP contribution in [0.25, 0.3) is 0 Å². The Hall–Kier alpha value is -3.63. The van der Waals surface area contributed by atoms with E-state index in [1.54, 1.807) is 6.07 Å². The van der Waals surface area contributed by atoms with Gasteiger partial charge in [0.2, 0.25) is 0 Å². The van der Waals surface area contributed by atoms with Gasteiger partial charge in [-0.25, -0.2) is 4.79 Å². The normalized spacial score (nSPS) is 14.3. The minimum absolute atomic E-state index is 0.0448. The third-order valence-corrected chi connectivity index (χ3v) is 6.13. The molecule has 11 nitrogen and oxygen atoms in total. The van der Waals surface area contributed by atoms with E-state index in [1.807, 2.05) is 11.8 Å². The molecule has 0 spiro atoms. The first-order valence-corrected chi connectivity index (χ1v) is 11.1. The number of aromatic amines is 1. The van der Waals surface area contributed by atoms with Gasteiger partial charge in [-0.05, 0) is 37.3 Å². The number of nitro benzene ring substituents is 1. The van der Waals surface area contributed by atoms with Crippen molar-refractivity contribution in [1.29, 1.82) is 0 Å². The summed E-state index contributed by atoms with van der Waals surface area (Å²) in [5.41, 5.74) is 4.82. The summed E-state index contributed by atoms with van der Waals surface area (Å²) < 4.78 is 1.22. The first-order valence-electron chi connectivity index (χ1n) is 11.1. The second kappa shape index (κ2) is 9.88. The molecule has 1 aliphatic heterocycles. The number of nitrogens with one attached hydrogen (secondary N) is 1. The molecule has 0 radical (unpaired) electrons. The highest BCUT2D eigenvalue weighted by atomic mass is 16.6. The number of anilines is 3. The maximum atomic E-state index is 13.2. The Morgan fingerprint density at radius 3 is 2.58 bits per heavy atom. The topological polar surface area (TPSA) is 148 Å². The van der Waals surface area contributed by atoms with Crippen molar-refractivity contribution in [2.24, 2.45) is 5.92 Å². The summed E-state index contributed by atoms with van der Waals surface area (Å²) in [7, 11) is 1.35. The van der Waals surface area contributed by atoms with Crippen LogP contribution in [0.15, 0.2) is 27.8 Å². The van der Waals surface area contributed by atoms with Gasteiger partial charge in [0.05, 0.1) is 4.92 Å². The van der Waals surface area contributed by atoms with Crippen LogP contribution in [-0.2, 0) is 6.54 Å². The SMILES string of the molecule is CCCCn1c(N)c(N(C)C(=O)c2ccc(N3CCC(C)CC3)c([N+](=O)[O-])c2)c(=O)[nH]c1=O. The van der Waals surface area contributed by atoms with Gasteiger partial charge < -0.3 is 15.5 Å². The van der Waals surface area contributed by atoms with E-state index in [9.17, 15) is 24.5 Å². The second-order valence-electron chi connectivity index (χ2n) is 8.49. The molecule has 3 N–H and O–H groups in total. The van der Waals surface area contributed by atoms with E-state index in [1.165, 1.54) is 23.7 Å². The molecule has 0 unspecified atom stereocenters. The average molecular weight is 459 g/mol. The molecule has 0 bridgehead atoms. The number of rotatable bonds is 7. The van der Waals surface area contributed by atoms with Crippen LogP contribution in [0.5, 0.6) is 0 Å². The van der Waals surface area contributed by atoms with E-state index in [-0.39, 0.29) is 22.8 Å². The summed E-state index contributed by atoms with van der Waals surface area (Å²) in [6.07, 6.45) is 3.35. The van der Waals surface area contributed by atoms with Crippen molar-refractivity contribution in [1.82, 2.24) is 9.55 Å². The number of nitrogens with two attached hydrogens (primary N) is 1. The fourth-order valence-electron chi connectivity index (χ4n) is 4.05. The molecule has 33 heavy (non-hydrogen) atoms. The lowest BCUT2D eigenvalue weighted by Crippen LogP contribution is -2.39. The van der Waals surface area contributed by atoms with Gasteiger partial charge in [-0.3, -0.25) is 29.3 Å². The summed E-state index contributed by atoms with van der Waals surface area (Å²) >= 11 is 0. The van der Waals surface area contributed by atoms with Crippen LogP contribution in [0.2, 0.25) is 0 Å². The number of hydrogen-bond acceptors (Lipinski definition) is 7. The van der Waals surface area contributed by atoms with Crippen LogP contribution >= 0.6 is 0 Å². The van der Waals surface area contributed by atoms with Gasteiger partial charge in [0.1, 0.15) is 11.5 Å². The number of H-pyrrole nitrogens is 1. The minimum atomic E-state index is -0.797. The molecule has 11 heteroatoms. The van der Waals surface area contributed by atoms with Crippen LogP contribution in [0.1, 0.15) is 49.9 Å². The number of aromatic nitrogens is 2. The molecule has 2 aromatic rings. The zero-order chi connectivity index (χ0) is 24.3. The van der Waals surface area contributed by atoms with Crippen molar-refractivity contribution in [3.05, 3.63) is 54.7 Å². The Labute approximate surface area is 191 Å². The summed E-state index contributed by atoms with van der Waals surface area (Å²) in [6, 6.07) is 4.31. The molecular formula is C22H30N6O5. The summed E-state index contributed by atoms with van der Waals surface area (Å²) in [5.74, 6) is -0.199. The molecule has 3 rings (SSSR count). The number of benzene rings is 1. The van der Waals surface area contributed by atoms with Crippen molar-refractivity contribution in [2.75, 3.05) is 35.7 Å². The van der Waals surface area contributed by atoms with Crippen LogP contribution in [-0.4, -0.2) is 40.5 Å². The highest BCUT2D eigenvalue weighted by molar-refractivity contribution is 6.07. The Morgan fingerprint density at radius 1 is 1.30 bits per heavy atom. The monoisotopic (exact) mass is 458 g/mol. The maximum absolute atomic E-state index is 13.2. The van der Waals surface area contributed by atoms with Crippen LogP contribution in [0.3, 0.4) is 0 Å². The lowest BCUT2D eigenvalue weighted by atomic mass is 9.98. The molecule has 1 amide bonds. The highest BCUT2D eigenvalue weighted by Crippen LogP contribution is 2.33. The molecule has 1 aliphatic rings. The zero-order valence-corrected chi connectivity index (χ0v) is 19.2. The van der Waals surface area contributed by atoms with Crippen molar-refractivity contribution in [2.45, 2.75) is 46.1 Å².